The summed E-state index contributed by atoms with van der Waals surface area (Å²) in [6.45, 7) is 2.32. The van der Waals surface area contributed by atoms with Gasteiger partial charge in [0.1, 0.15) is 5.82 Å². The lowest BCUT2D eigenvalue weighted by molar-refractivity contribution is -0.0551. The Balaban J connectivity index is 2.11. The monoisotopic (exact) mass is 283 g/mol. The third kappa shape index (κ3) is 3.66. The molecule has 0 amide bonds. The summed E-state index contributed by atoms with van der Waals surface area (Å²) in [5.41, 5.74) is 6.54. The Labute approximate surface area is 116 Å². The molecule has 0 aromatic heterocycles. The lowest BCUT2D eigenvalue weighted by Crippen LogP contribution is -2.43. The molecule has 0 saturated carbocycles. The number of rotatable bonds is 4. The topological polar surface area (TPSA) is 91.3 Å². The third-order valence-electron chi connectivity index (χ3n) is 3.19. The number of benzene rings is 1. The molecule has 0 spiro atoms. The van der Waals surface area contributed by atoms with Gasteiger partial charge < -0.3 is 20.8 Å². The number of aliphatic hydroxyl groups excluding tert-OH is 1. The molecule has 7 heteroatoms. The maximum atomic E-state index is 13.5. The van der Waals surface area contributed by atoms with Crippen molar-refractivity contribution in [1.82, 2.24) is 4.90 Å². The summed E-state index contributed by atoms with van der Waals surface area (Å²) in [4.78, 5) is 2.06. The number of ether oxygens (including phenoxy) is 1. The number of hydrogen-bond donors (Lipinski definition) is 3. The van der Waals surface area contributed by atoms with E-state index in [1.807, 2.05) is 0 Å². The Morgan fingerprint density at radius 1 is 1.50 bits per heavy atom. The van der Waals surface area contributed by atoms with Gasteiger partial charge in [0, 0.05) is 25.2 Å². The van der Waals surface area contributed by atoms with Crippen LogP contribution in [0.1, 0.15) is 11.1 Å². The van der Waals surface area contributed by atoms with Gasteiger partial charge in [0.05, 0.1) is 19.3 Å². The van der Waals surface area contributed by atoms with E-state index in [0.717, 1.165) is 5.56 Å². The average Bonchev–Trinajstić information content (AvgIpc) is 2.46. The molecule has 2 rings (SSSR count). The highest BCUT2D eigenvalue weighted by Gasteiger charge is 2.20. The minimum atomic E-state index is -0.434. The van der Waals surface area contributed by atoms with Crippen LogP contribution in [0.3, 0.4) is 0 Å². The molecule has 6 nitrogen and oxygen atoms in total. The molecule has 0 aliphatic carbocycles. The van der Waals surface area contributed by atoms with Crippen molar-refractivity contribution in [1.29, 1.82) is 0 Å². The first kappa shape index (κ1) is 14.7. The summed E-state index contributed by atoms with van der Waals surface area (Å²) in [6.07, 6.45) is -0.208. The lowest BCUT2D eigenvalue weighted by atomic mass is 10.1. The fourth-order valence-corrected chi connectivity index (χ4v) is 2.24. The molecule has 0 bridgehead atoms. The zero-order valence-electron chi connectivity index (χ0n) is 11.0. The van der Waals surface area contributed by atoms with Crippen molar-refractivity contribution < 1.29 is 19.4 Å². The van der Waals surface area contributed by atoms with E-state index in [0.29, 0.717) is 31.8 Å². The van der Waals surface area contributed by atoms with Crippen molar-refractivity contribution in [2.24, 2.45) is 10.9 Å². The number of oxime groups is 1. The first-order chi connectivity index (χ1) is 9.62. The van der Waals surface area contributed by atoms with Gasteiger partial charge in [-0.1, -0.05) is 5.16 Å². The van der Waals surface area contributed by atoms with Crippen molar-refractivity contribution in [3.8, 4) is 0 Å². The van der Waals surface area contributed by atoms with Crippen molar-refractivity contribution >= 4 is 5.84 Å². The van der Waals surface area contributed by atoms with Crippen molar-refractivity contribution in [3.63, 3.8) is 0 Å². The molecule has 4 N–H and O–H groups in total. The smallest absolute Gasteiger partial charge is 0.170 e. The number of hydrogen-bond acceptors (Lipinski definition) is 5. The zero-order chi connectivity index (χ0) is 14.5. The number of amidine groups is 1. The van der Waals surface area contributed by atoms with E-state index in [4.69, 9.17) is 20.8 Å². The van der Waals surface area contributed by atoms with Crippen LogP contribution in [-0.4, -0.2) is 53.5 Å². The van der Waals surface area contributed by atoms with E-state index < -0.39 is 5.82 Å². The first-order valence-electron chi connectivity index (χ1n) is 6.34. The van der Waals surface area contributed by atoms with Gasteiger partial charge in [-0.3, -0.25) is 4.90 Å². The predicted octanol–water partition coefficient (Wildman–Crippen LogP) is 0.113. The molecule has 1 heterocycles. The molecular formula is C13H18FN3O3. The molecule has 110 valence electrons. The highest BCUT2D eigenvalue weighted by atomic mass is 19.1. The van der Waals surface area contributed by atoms with E-state index in [9.17, 15) is 4.39 Å². The summed E-state index contributed by atoms with van der Waals surface area (Å²) in [6, 6.07) is 4.31. The lowest BCUT2D eigenvalue weighted by Gasteiger charge is -2.32. The minimum absolute atomic E-state index is 0.0327. The molecule has 1 aliphatic rings. The molecule has 1 aliphatic heterocycles. The third-order valence-corrected chi connectivity index (χ3v) is 3.19. The fourth-order valence-electron chi connectivity index (χ4n) is 2.24. The average molecular weight is 283 g/mol. The highest BCUT2D eigenvalue weighted by molar-refractivity contribution is 5.97. The van der Waals surface area contributed by atoms with Gasteiger partial charge in [-0.25, -0.2) is 4.39 Å². The molecule has 1 saturated heterocycles. The SMILES string of the molecule is N/C(=N/O)c1cc(F)cc(CN2CCOC(CO)C2)c1. The summed E-state index contributed by atoms with van der Waals surface area (Å²) in [5.74, 6) is -0.558. The first-order valence-corrected chi connectivity index (χ1v) is 6.34. The summed E-state index contributed by atoms with van der Waals surface area (Å²) in [5, 5.41) is 20.6. The van der Waals surface area contributed by atoms with Crippen molar-refractivity contribution in [2.75, 3.05) is 26.3 Å². The molecule has 1 unspecified atom stereocenters. The Hall–Kier alpha value is -1.70. The Morgan fingerprint density at radius 3 is 3.00 bits per heavy atom. The van der Waals surface area contributed by atoms with E-state index >= 15 is 0 Å². The van der Waals surface area contributed by atoms with Crippen LogP contribution < -0.4 is 5.73 Å². The van der Waals surface area contributed by atoms with E-state index in [1.54, 1.807) is 6.07 Å². The molecule has 0 radical (unpaired) electrons. The zero-order valence-corrected chi connectivity index (χ0v) is 11.0. The normalized spacial score (nSPS) is 21.1. The molecule has 1 atom stereocenters. The summed E-state index contributed by atoms with van der Waals surface area (Å²) < 4.78 is 18.9. The number of morpholine rings is 1. The Morgan fingerprint density at radius 2 is 2.30 bits per heavy atom. The van der Waals surface area contributed by atoms with Gasteiger partial charge in [-0.2, -0.15) is 0 Å². The molecule has 1 aromatic rings. The number of aliphatic hydroxyl groups is 1. The van der Waals surface area contributed by atoms with Crippen LogP contribution in [0.15, 0.2) is 23.4 Å². The Bertz CT molecular complexity index is 496. The number of halogens is 1. The highest BCUT2D eigenvalue weighted by Crippen LogP contribution is 2.14. The van der Waals surface area contributed by atoms with Gasteiger partial charge in [0.2, 0.25) is 0 Å². The largest absolute Gasteiger partial charge is 0.409 e. The van der Waals surface area contributed by atoms with Gasteiger partial charge in [0.25, 0.3) is 0 Å². The second kappa shape index (κ2) is 6.65. The van der Waals surface area contributed by atoms with Crippen molar-refractivity contribution in [2.45, 2.75) is 12.6 Å². The van der Waals surface area contributed by atoms with Crippen LogP contribution in [0.25, 0.3) is 0 Å². The van der Waals surface area contributed by atoms with Crippen LogP contribution in [0.4, 0.5) is 4.39 Å². The van der Waals surface area contributed by atoms with Crippen LogP contribution in [0, 0.1) is 5.82 Å². The van der Waals surface area contributed by atoms with Crippen LogP contribution in [-0.2, 0) is 11.3 Å². The molecule has 20 heavy (non-hydrogen) atoms. The van der Waals surface area contributed by atoms with E-state index in [-0.39, 0.29) is 18.5 Å². The van der Waals surface area contributed by atoms with Gasteiger partial charge in [0.15, 0.2) is 5.84 Å². The fraction of sp³-hybridized carbons (Fsp3) is 0.462. The van der Waals surface area contributed by atoms with Gasteiger partial charge in [-0.15, -0.1) is 0 Å². The maximum Gasteiger partial charge on any atom is 0.170 e. The van der Waals surface area contributed by atoms with Gasteiger partial charge in [-0.05, 0) is 23.8 Å². The van der Waals surface area contributed by atoms with Crippen LogP contribution in [0.5, 0.6) is 0 Å². The van der Waals surface area contributed by atoms with Crippen LogP contribution in [0.2, 0.25) is 0 Å². The molecule has 1 fully saturated rings. The number of nitrogens with zero attached hydrogens (tertiary/aromatic N) is 2. The standard InChI is InChI=1S/C13H18FN3O3/c14-11-4-9(3-10(5-11)13(15)16-19)6-17-1-2-20-12(7-17)8-18/h3-5,12,18-19H,1-2,6-8H2,(H2,15,16). The van der Waals surface area contributed by atoms with Gasteiger partial charge >= 0.3 is 0 Å². The minimum Gasteiger partial charge on any atom is -0.409 e. The van der Waals surface area contributed by atoms with Crippen LogP contribution >= 0.6 is 0 Å². The van der Waals surface area contributed by atoms with E-state index in [1.165, 1.54) is 12.1 Å². The molecule has 1 aromatic carbocycles. The quantitative estimate of drug-likeness (QED) is 0.316. The second-order valence-electron chi connectivity index (χ2n) is 4.74. The summed E-state index contributed by atoms with van der Waals surface area (Å²) in [7, 11) is 0. The Kier molecular flexibility index (Phi) is 4.89. The number of nitrogens with two attached hydrogens (primary N) is 1. The van der Waals surface area contributed by atoms with Crippen molar-refractivity contribution in [3.05, 3.63) is 35.1 Å². The molecular weight excluding hydrogens is 265 g/mol. The van der Waals surface area contributed by atoms with E-state index in [2.05, 4.69) is 10.1 Å². The maximum absolute atomic E-state index is 13.5. The second-order valence-corrected chi connectivity index (χ2v) is 4.74. The summed E-state index contributed by atoms with van der Waals surface area (Å²) >= 11 is 0. The predicted molar refractivity (Wildman–Crippen MR) is 71.0 cm³/mol.